The van der Waals surface area contributed by atoms with Gasteiger partial charge in [0, 0.05) is 55.4 Å². The molecule has 0 unspecified atom stereocenters. The molecular formula is C19H15FN6O. The molecule has 0 radical (unpaired) electrons. The molecule has 7 nitrogen and oxygen atoms in total. The lowest BCUT2D eigenvalue weighted by Crippen LogP contribution is -2.31. The molecule has 27 heavy (non-hydrogen) atoms. The van der Waals surface area contributed by atoms with E-state index in [1.807, 2.05) is 11.0 Å². The topological polar surface area (TPSA) is 87.8 Å². The molecule has 3 aromatic rings. The highest BCUT2D eigenvalue weighted by molar-refractivity contribution is 5.59. The molecule has 0 fully saturated rings. The van der Waals surface area contributed by atoms with Gasteiger partial charge >= 0.3 is 0 Å². The Morgan fingerprint density at radius 2 is 2.00 bits per heavy atom. The molecule has 0 aliphatic carbocycles. The largest absolute Gasteiger partial charge is 0.495 e. The fraction of sp³-hybridized carbons (Fsp3) is 0.211. The first-order valence-electron chi connectivity index (χ1n) is 8.34. The van der Waals surface area contributed by atoms with Gasteiger partial charge in [0.15, 0.2) is 11.6 Å². The summed E-state index contributed by atoms with van der Waals surface area (Å²) >= 11 is 0. The summed E-state index contributed by atoms with van der Waals surface area (Å²) in [6.45, 7) is 1.20. The second-order valence-electron chi connectivity index (χ2n) is 6.03. The molecule has 1 aromatic carbocycles. The van der Waals surface area contributed by atoms with Gasteiger partial charge in [0.2, 0.25) is 0 Å². The van der Waals surface area contributed by atoms with Crippen LogP contribution in [0, 0.1) is 17.1 Å². The van der Waals surface area contributed by atoms with Crippen LogP contribution in [-0.2, 0) is 13.0 Å². The number of nitriles is 1. The van der Waals surface area contributed by atoms with Gasteiger partial charge in [0.1, 0.15) is 23.2 Å². The van der Waals surface area contributed by atoms with Gasteiger partial charge in [0.25, 0.3) is 0 Å². The van der Waals surface area contributed by atoms with Crippen LogP contribution >= 0.6 is 0 Å². The van der Waals surface area contributed by atoms with E-state index in [2.05, 4.69) is 19.9 Å². The molecule has 3 heterocycles. The van der Waals surface area contributed by atoms with E-state index < -0.39 is 5.82 Å². The third-order valence-corrected chi connectivity index (χ3v) is 4.44. The van der Waals surface area contributed by atoms with Crippen molar-refractivity contribution in [1.82, 2.24) is 19.9 Å². The van der Waals surface area contributed by atoms with Gasteiger partial charge in [-0.05, 0) is 12.1 Å². The number of hydrogen-bond acceptors (Lipinski definition) is 7. The summed E-state index contributed by atoms with van der Waals surface area (Å²) in [6, 6.07) is 6.61. The van der Waals surface area contributed by atoms with E-state index in [-0.39, 0.29) is 11.3 Å². The van der Waals surface area contributed by atoms with Crippen LogP contribution in [0.2, 0.25) is 0 Å². The van der Waals surface area contributed by atoms with Gasteiger partial charge < -0.3 is 9.64 Å². The minimum Gasteiger partial charge on any atom is -0.495 e. The normalized spacial score (nSPS) is 13.0. The van der Waals surface area contributed by atoms with Crippen LogP contribution < -0.4 is 9.64 Å². The summed E-state index contributed by atoms with van der Waals surface area (Å²) in [5.41, 5.74) is 2.47. The van der Waals surface area contributed by atoms with Crippen molar-refractivity contribution in [2.75, 3.05) is 18.6 Å². The summed E-state index contributed by atoms with van der Waals surface area (Å²) in [7, 11) is 1.42. The second-order valence-corrected chi connectivity index (χ2v) is 6.03. The fourth-order valence-electron chi connectivity index (χ4n) is 3.08. The van der Waals surface area contributed by atoms with E-state index in [0.717, 1.165) is 11.3 Å². The van der Waals surface area contributed by atoms with Crippen LogP contribution in [0.4, 0.5) is 10.1 Å². The van der Waals surface area contributed by atoms with Crippen molar-refractivity contribution in [3.8, 4) is 23.5 Å². The Morgan fingerprint density at radius 1 is 1.19 bits per heavy atom. The smallest absolute Gasteiger partial charge is 0.197 e. The van der Waals surface area contributed by atoms with Crippen molar-refractivity contribution < 1.29 is 9.13 Å². The summed E-state index contributed by atoms with van der Waals surface area (Å²) < 4.78 is 19.4. The standard InChI is InChI=1S/C19H15FN6O/c1-27-17-8-13(7-15(20)14(17)9-21)26-6-3-16-12(11-26)10-24-19(25-16)18-22-4-2-5-23-18/h2,4-5,7-8,10H,3,6,11H2,1H3. The average Bonchev–Trinajstić information content (AvgIpc) is 2.73. The zero-order valence-electron chi connectivity index (χ0n) is 14.6. The second kappa shape index (κ2) is 6.96. The first-order valence-corrected chi connectivity index (χ1v) is 8.34. The SMILES string of the molecule is COc1cc(N2CCc3nc(-c4ncccn4)ncc3C2)cc(F)c1C#N. The van der Waals surface area contributed by atoms with Crippen molar-refractivity contribution in [1.29, 1.82) is 5.26 Å². The molecule has 0 saturated heterocycles. The van der Waals surface area contributed by atoms with Crippen molar-refractivity contribution >= 4 is 5.69 Å². The van der Waals surface area contributed by atoms with Crippen LogP contribution in [0.1, 0.15) is 16.8 Å². The molecule has 0 spiro atoms. The predicted octanol–water partition coefficient (Wildman–Crippen LogP) is 2.52. The number of methoxy groups -OCH3 is 1. The van der Waals surface area contributed by atoms with E-state index in [9.17, 15) is 4.39 Å². The fourth-order valence-corrected chi connectivity index (χ4v) is 3.08. The third-order valence-electron chi connectivity index (χ3n) is 4.44. The van der Waals surface area contributed by atoms with Crippen molar-refractivity contribution in [3.05, 3.63) is 59.4 Å². The van der Waals surface area contributed by atoms with E-state index in [1.54, 1.807) is 30.7 Å². The third kappa shape index (κ3) is 3.15. The summed E-state index contributed by atoms with van der Waals surface area (Å²) in [6.07, 6.45) is 5.75. The number of rotatable bonds is 3. The van der Waals surface area contributed by atoms with Crippen LogP contribution in [-0.4, -0.2) is 33.6 Å². The van der Waals surface area contributed by atoms with Crippen LogP contribution in [0.25, 0.3) is 11.6 Å². The van der Waals surface area contributed by atoms with Gasteiger partial charge in [-0.25, -0.2) is 24.3 Å². The Kier molecular flexibility index (Phi) is 4.34. The number of benzene rings is 1. The molecule has 8 heteroatoms. The van der Waals surface area contributed by atoms with E-state index in [1.165, 1.54) is 13.2 Å². The number of ether oxygens (including phenoxy) is 1. The Morgan fingerprint density at radius 3 is 2.74 bits per heavy atom. The Hall–Kier alpha value is -3.60. The number of aromatic nitrogens is 4. The molecular weight excluding hydrogens is 347 g/mol. The van der Waals surface area contributed by atoms with Gasteiger partial charge in [-0.1, -0.05) is 0 Å². The van der Waals surface area contributed by atoms with Gasteiger partial charge in [-0.3, -0.25) is 0 Å². The Balaban J connectivity index is 1.63. The van der Waals surface area contributed by atoms with E-state index >= 15 is 0 Å². The highest BCUT2D eigenvalue weighted by Gasteiger charge is 2.22. The van der Waals surface area contributed by atoms with E-state index in [0.29, 0.717) is 36.8 Å². The first kappa shape index (κ1) is 16.8. The van der Waals surface area contributed by atoms with Crippen LogP contribution in [0.5, 0.6) is 5.75 Å². The quantitative estimate of drug-likeness (QED) is 0.707. The molecule has 0 N–H and O–H groups in total. The molecule has 0 saturated carbocycles. The Labute approximate surface area is 155 Å². The molecule has 2 aromatic heterocycles. The number of hydrogen-bond donors (Lipinski definition) is 0. The van der Waals surface area contributed by atoms with Crippen LogP contribution in [0.3, 0.4) is 0 Å². The van der Waals surface area contributed by atoms with Crippen molar-refractivity contribution in [2.45, 2.75) is 13.0 Å². The van der Waals surface area contributed by atoms with Gasteiger partial charge in [-0.2, -0.15) is 5.26 Å². The summed E-state index contributed by atoms with van der Waals surface area (Å²) in [4.78, 5) is 19.3. The molecule has 134 valence electrons. The highest BCUT2D eigenvalue weighted by Crippen LogP contribution is 2.31. The summed E-state index contributed by atoms with van der Waals surface area (Å²) in [5, 5.41) is 9.07. The zero-order chi connectivity index (χ0) is 18.8. The lowest BCUT2D eigenvalue weighted by molar-refractivity contribution is 0.409. The number of nitrogens with zero attached hydrogens (tertiary/aromatic N) is 6. The molecule has 1 aliphatic rings. The molecule has 0 amide bonds. The monoisotopic (exact) mass is 362 g/mol. The lowest BCUT2D eigenvalue weighted by atomic mass is 10.1. The summed E-state index contributed by atoms with van der Waals surface area (Å²) in [5.74, 6) is 0.618. The minimum absolute atomic E-state index is 0.0884. The zero-order valence-corrected chi connectivity index (χ0v) is 14.6. The van der Waals surface area contributed by atoms with Gasteiger partial charge in [0.05, 0.1) is 12.8 Å². The average molecular weight is 362 g/mol. The number of anilines is 1. The maximum atomic E-state index is 14.2. The number of halogens is 1. The molecule has 0 bridgehead atoms. The molecule has 1 aliphatic heterocycles. The van der Waals surface area contributed by atoms with Crippen LogP contribution in [0.15, 0.2) is 36.8 Å². The first-order chi connectivity index (χ1) is 13.2. The molecule has 0 atom stereocenters. The highest BCUT2D eigenvalue weighted by atomic mass is 19.1. The predicted molar refractivity (Wildman–Crippen MR) is 95.5 cm³/mol. The molecule has 4 rings (SSSR count). The minimum atomic E-state index is -0.592. The van der Waals surface area contributed by atoms with E-state index in [4.69, 9.17) is 10.00 Å². The van der Waals surface area contributed by atoms with Crippen molar-refractivity contribution in [3.63, 3.8) is 0 Å². The Bertz CT molecular complexity index is 1030. The maximum Gasteiger partial charge on any atom is 0.197 e. The number of fused-ring (bicyclic) bond motifs is 1. The maximum absolute atomic E-state index is 14.2. The van der Waals surface area contributed by atoms with Crippen molar-refractivity contribution in [2.24, 2.45) is 0 Å². The van der Waals surface area contributed by atoms with Gasteiger partial charge in [-0.15, -0.1) is 0 Å². The lowest BCUT2D eigenvalue weighted by Gasteiger charge is -2.30.